The van der Waals surface area contributed by atoms with Crippen molar-refractivity contribution >= 4 is 34.5 Å². The summed E-state index contributed by atoms with van der Waals surface area (Å²) in [6.07, 6.45) is -1.09. The lowest BCUT2D eigenvalue weighted by atomic mass is 10.0. The molecule has 0 aliphatic rings. The fourth-order valence-electron chi connectivity index (χ4n) is 1.58. The van der Waals surface area contributed by atoms with Gasteiger partial charge in [-0.2, -0.15) is 0 Å². The molecule has 5 heteroatoms. The average molecular weight is 291 g/mol. The second-order valence-corrected chi connectivity index (χ2v) is 5.99. The van der Waals surface area contributed by atoms with Crippen LogP contribution in [-0.2, 0) is 0 Å². The highest BCUT2D eigenvalue weighted by atomic mass is 35.5. The summed E-state index contributed by atoms with van der Waals surface area (Å²) < 4.78 is 14.5. The molecule has 0 amide bonds. The largest absolute Gasteiger partial charge is 0.383 e. The predicted molar refractivity (Wildman–Crippen MR) is 69.5 cm³/mol. The van der Waals surface area contributed by atoms with E-state index in [4.69, 9.17) is 23.2 Å². The predicted octanol–water partition coefficient (Wildman–Crippen LogP) is 4.58. The Hall–Kier alpha value is -0.610. The number of thiophene rings is 1. The SMILES string of the molecule is Cc1ccc(F)c(C(O)c2cc(Cl)sc2Cl)c1. The van der Waals surface area contributed by atoms with Crippen LogP contribution in [0.3, 0.4) is 0 Å². The molecule has 1 nitrogen and oxygen atoms in total. The minimum Gasteiger partial charge on any atom is -0.383 e. The first-order valence-electron chi connectivity index (χ1n) is 4.88. The molecule has 2 aromatic rings. The lowest BCUT2D eigenvalue weighted by Crippen LogP contribution is -2.02. The molecule has 1 unspecified atom stereocenters. The lowest BCUT2D eigenvalue weighted by molar-refractivity contribution is 0.215. The van der Waals surface area contributed by atoms with Crippen LogP contribution in [0, 0.1) is 12.7 Å². The lowest BCUT2D eigenvalue weighted by Gasteiger charge is -2.12. The van der Waals surface area contributed by atoms with E-state index in [-0.39, 0.29) is 5.56 Å². The number of halogens is 3. The first-order chi connectivity index (χ1) is 7.99. The standard InChI is InChI=1S/C12H9Cl2FOS/c1-6-2-3-9(15)7(4-6)11(16)8-5-10(13)17-12(8)14/h2-5,11,16H,1H3. The summed E-state index contributed by atoms with van der Waals surface area (Å²) in [5.74, 6) is -0.457. The molecule has 90 valence electrons. The van der Waals surface area contributed by atoms with Crippen molar-refractivity contribution in [2.45, 2.75) is 13.0 Å². The van der Waals surface area contributed by atoms with Gasteiger partial charge in [-0.3, -0.25) is 0 Å². The maximum absolute atomic E-state index is 13.6. The van der Waals surface area contributed by atoms with Gasteiger partial charge in [0, 0.05) is 11.1 Å². The second kappa shape index (κ2) is 4.94. The number of aryl methyl sites for hydroxylation is 1. The van der Waals surface area contributed by atoms with Crippen LogP contribution in [0.2, 0.25) is 8.67 Å². The minimum absolute atomic E-state index is 0.210. The normalized spacial score (nSPS) is 12.8. The van der Waals surface area contributed by atoms with Crippen LogP contribution in [0.1, 0.15) is 22.8 Å². The molecule has 1 heterocycles. The molecule has 0 bridgehead atoms. The zero-order valence-electron chi connectivity index (χ0n) is 8.88. The molecule has 1 N–H and O–H groups in total. The maximum atomic E-state index is 13.6. The van der Waals surface area contributed by atoms with Crippen molar-refractivity contribution in [3.05, 3.63) is 55.4 Å². The number of hydrogen-bond acceptors (Lipinski definition) is 2. The third-order valence-corrected chi connectivity index (χ3v) is 3.94. The van der Waals surface area contributed by atoms with Gasteiger partial charge >= 0.3 is 0 Å². The number of rotatable bonds is 2. The van der Waals surface area contributed by atoms with E-state index in [0.29, 0.717) is 14.2 Å². The Labute approximate surface area is 112 Å². The van der Waals surface area contributed by atoms with Crippen molar-refractivity contribution in [2.24, 2.45) is 0 Å². The quantitative estimate of drug-likeness (QED) is 0.858. The van der Waals surface area contributed by atoms with Gasteiger partial charge in [-0.1, -0.05) is 40.9 Å². The first-order valence-corrected chi connectivity index (χ1v) is 6.45. The van der Waals surface area contributed by atoms with Crippen LogP contribution in [0.4, 0.5) is 4.39 Å². The minimum atomic E-state index is -1.09. The van der Waals surface area contributed by atoms with E-state index in [9.17, 15) is 9.50 Å². The summed E-state index contributed by atoms with van der Waals surface area (Å²) in [7, 11) is 0. The molecule has 1 aromatic carbocycles. The monoisotopic (exact) mass is 290 g/mol. The van der Waals surface area contributed by atoms with Gasteiger partial charge in [0.25, 0.3) is 0 Å². The molecule has 0 saturated carbocycles. The van der Waals surface area contributed by atoms with Gasteiger partial charge in [0.1, 0.15) is 16.3 Å². The Balaban J connectivity index is 2.46. The summed E-state index contributed by atoms with van der Waals surface area (Å²) in [5.41, 5.74) is 1.52. The number of hydrogen-bond donors (Lipinski definition) is 1. The van der Waals surface area contributed by atoms with E-state index in [0.717, 1.165) is 16.9 Å². The molecule has 0 saturated heterocycles. The highest BCUT2D eigenvalue weighted by Crippen LogP contribution is 2.38. The number of aliphatic hydroxyl groups is 1. The fraction of sp³-hybridized carbons (Fsp3) is 0.167. The number of aliphatic hydroxyl groups excluding tert-OH is 1. The molecule has 0 aliphatic heterocycles. The van der Waals surface area contributed by atoms with E-state index < -0.39 is 11.9 Å². The average Bonchev–Trinajstić information content (AvgIpc) is 2.60. The van der Waals surface area contributed by atoms with Crippen LogP contribution in [0.25, 0.3) is 0 Å². The molecule has 0 fully saturated rings. The van der Waals surface area contributed by atoms with Crippen molar-refractivity contribution in [3.8, 4) is 0 Å². The molecule has 2 rings (SSSR count). The first kappa shape index (κ1) is 12.8. The van der Waals surface area contributed by atoms with E-state index in [1.807, 2.05) is 6.92 Å². The highest BCUT2D eigenvalue weighted by molar-refractivity contribution is 7.20. The summed E-state index contributed by atoms with van der Waals surface area (Å²) in [5, 5.41) is 10.1. The van der Waals surface area contributed by atoms with Gasteiger partial charge in [-0.05, 0) is 19.1 Å². The van der Waals surface area contributed by atoms with Crippen LogP contribution in [0.15, 0.2) is 24.3 Å². The molecule has 0 aliphatic carbocycles. The van der Waals surface area contributed by atoms with E-state index >= 15 is 0 Å². The molecule has 1 atom stereocenters. The van der Waals surface area contributed by atoms with Crippen LogP contribution < -0.4 is 0 Å². The summed E-state index contributed by atoms with van der Waals surface area (Å²) in [6.45, 7) is 1.83. The Kier molecular flexibility index (Phi) is 3.73. The maximum Gasteiger partial charge on any atom is 0.129 e. The van der Waals surface area contributed by atoms with E-state index in [1.54, 1.807) is 18.2 Å². The Bertz CT molecular complexity index is 553. The third kappa shape index (κ3) is 2.63. The van der Waals surface area contributed by atoms with Gasteiger partial charge in [0.05, 0.1) is 4.34 Å². The molecular formula is C12H9Cl2FOS. The smallest absolute Gasteiger partial charge is 0.129 e. The van der Waals surface area contributed by atoms with Crippen molar-refractivity contribution in [3.63, 3.8) is 0 Å². The fourth-order valence-corrected chi connectivity index (χ4v) is 3.10. The van der Waals surface area contributed by atoms with Gasteiger partial charge in [-0.15, -0.1) is 11.3 Å². The zero-order valence-corrected chi connectivity index (χ0v) is 11.2. The van der Waals surface area contributed by atoms with Crippen molar-refractivity contribution < 1.29 is 9.50 Å². The molecule has 17 heavy (non-hydrogen) atoms. The van der Waals surface area contributed by atoms with Crippen molar-refractivity contribution in [1.82, 2.24) is 0 Å². The van der Waals surface area contributed by atoms with E-state index in [1.165, 1.54) is 6.07 Å². The van der Waals surface area contributed by atoms with Gasteiger partial charge in [0.2, 0.25) is 0 Å². The van der Waals surface area contributed by atoms with Crippen LogP contribution >= 0.6 is 34.5 Å². The topological polar surface area (TPSA) is 20.2 Å². The summed E-state index contributed by atoms with van der Waals surface area (Å²) in [4.78, 5) is 0. The number of benzene rings is 1. The van der Waals surface area contributed by atoms with Crippen LogP contribution in [-0.4, -0.2) is 5.11 Å². The van der Waals surface area contributed by atoms with Crippen molar-refractivity contribution in [1.29, 1.82) is 0 Å². The zero-order chi connectivity index (χ0) is 12.6. The third-order valence-electron chi connectivity index (χ3n) is 2.42. The molecular weight excluding hydrogens is 282 g/mol. The van der Waals surface area contributed by atoms with Crippen molar-refractivity contribution in [2.75, 3.05) is 0 Å². The van der Waals surface area contributed by atoms with Gasteiger partial charge < -0.3 is 5.11 Å². The summed E-state index contributed by atoms with van der Waals surface area (Å²) >= 11 is 12.9. The van der Waals surface area contributed by atoms with Gasteiger partial charge in [-0.25, -0.2) is 4.39 Å². The van der Waals surface area contributed by atoms with Crippen LogP contribution in [0.5, 0.6) is 0 Å². The van der Waals surface area contributed by atoms with E-state index in [2.05, 4.69) is 0 Å². The Morgan fingerprint density at radius 1 is 1.24 bits per heavy atom. The summed E-state index contributed by atoms with van der Waals surface area (Å²) in [6, 6.07) is 6.13. The molecule has 1 aromatic heterocycles. The molecule has 0 spiro atoms. The Morgan fingerprint density at radius 2 is 1.94 bits per heavy atom. The van der Waals surface area contributed by atoms with Gasteiger partial charge in [0.15, 0.2) is 0 Å². The second-order valence-electron chi connectivity index (χ2n) is 3.71. The molecule has 0 radical (unpaired) electrons. The highest BCUT2D eigenvalue weighted by Gasteiger charge is 2.20. The Morgan fingerprint density at radius 3 is 2.53 bits per heavy atom.